The normalized spacial score (nSPS) is 14.1. The molecule has 0 amide bonds. The van der Waals surface area contributed by atoms with E-state index in [0.29, 0.717) is 26.6 Å². The van der Waals surface area contributed by atoms with E-state index >= 15 is 0 Å². The molecular weight excluding hydrogens is 546 g/mol. The highest BCUT2D eigenvalue weighted by atomic mass is 32.1. The number of benzene rings is 3. The van der Waals surface area contributed by atoms with E-state index in [0.717, 1.165) is 17.7 Å². The van der Waals surface area contributed by atoms with Crippen LogP contribution in [0.3, 0.4) is 0 Å². The summed E-state index contributed by atoms with van der Waals surface area (Å²) in [7, 11) is -4.74. The van der Waals surface area contributed by atoms with E-state index in [4.69, 9.17) is 20.3 Å². The average molecular weight is 569 g/mol. The molecule has 38 heavy (non-hydrogen) atoms. The minimum atomic E-state index is -4.74. The van der Waals surface area contributed by atoms with Crippen molar-refractivity contribution in [2.45, 2.75) is 24.6 Å². The van der Waals surface area contributed by atoms with Gasteiger partial charge in [0, 0.05) is 20.2 Å². The van der Waals surface area contributed by atoms with E-state index in [1.165, 1.54) is 29.5 Å². The first-order valence-electron chi connectivity index (χ1n) is 11.2. The molecule has 0 aliphatic carbocycles. The van der Waals surface area contributed by atoms with Crippen LogP contribution in [0.15, 0.2) is 65.5 Å². The molecule has 5 N–H and O–H groups in total. The largest absolute Gasteiger partial charge is 0.469 e. The number of fused-ring (bicyclic) bond motifs is 2. The molecule has 4 rings (SSSR count). The fraction of sp³-hybridized carbons (Fsp3) is 0.240. The third-order valence-corrected chi connectivity index (χ3v) is 7.45. The lowest BCUT2D eigenvalue weighted by atomic mass is 9.94. The molecule has 202 valence electrons. The maximum absolute atomic E-state index is 13.2. The zero-order valence-electron chi connectivity index (χ0n) is 19.6. The van der Waals surface area contributed by atoms with Gasteiger partial charge in [-0.3, -0.25) is 9.32 Å². The molecule has 0 saturated heterocycles. The quantitative estimate of drug-likeness (QED) is 0.164. The van der Waals surface area contributed by atoms with Crippen molar-refractivity contribution >= 4 is 39.3 Å². The highest BCUT2D eigenvalue weighted by molar-refractivity contribution is 7.46. The summed E-state index contributed by atoms with van der Waals surface area (Å²) in [6.07, 6.45) is -4.00. The zero-order chi connectivity index (χ0) is 27.7. The third-order valence-electron chi connectivity index (χ3n) is 5.85. The van der Waals surface area contributed by atoms with Crippen LogP contribution in [0.25, 0.3) is 20.2 Å². The van der Waals surface area contributed by atoms with Crippen molar-refractivity contribution < 1.29 is 41.9 Å². The molecule has 4 aromatic rings. The van der Waals surface area contributed by atoms with Gasteiger partial charge in [-0.05, 0) is 66.9 Å². The maximum atomic E-state index is 13.2. The molecular formula is C25H23F3NO7PS. The van der Waals surface area contributed by atoms with Gasteiger partial charge in [0.25, 0.3) is 0 Å². The third kappa shape index (κ3) is 6.78. The SMILES string of the molecule is NC(CO)(CCc1ccc2c(=O)c3cc(Oc4cccc(C(F)(F)F)c4)ccc3sc2c1)COP(=O)(O)O. The van der Waals surface area contributed by atoms with Gasteiger partial charge in [-0.15, -0.1) is 11.3 Å². The van der Waals surface area contributed by atoms with Crippen molar-refractivity contribution in [1.29, 1.82) is 0 Å². The first-order valence-corrected chi connectivity index (χ1v) is 13.6. The van der Waals surface area contributed by atoms with E-state index in [1.54, 1.807) is 30.3 Å². The predicted octanol–water partition coefficient (Wildman–Crippen LogP) is 4.96. The number of hydrogen-bond acceptors (Lipinski definition) is 7. The number of halogens is 3. The van der Waals surface area contributed by atoms with E-state index in [1.807, 2.05) is 0 Å². The van der Waals surface area contributed by atoms with Crippen LogP contribution in [0.5, 0.6) is 11.5 Å². The maximum Gasteiger partial charge on any atom is 0.469 e. The van der Waals surface area contributed by atoms with Gasteiger partial charge in [0.15, 0.2) is 5.43 Å². The first kappa shape index (κ1) is 28.2. The molecule has 0 fully saturated rings. The standard InChI is InChI=1S/C25H23F3NO7PS/c26-25(27,28)16-2-1-3-17(11-16)36-18-5-7-21-20(12-18)23(31)19-6-4-15(10-22(19)38-21)8-9-24(29,13-30)14-35-37(32,33)34/h1-7,10-12,30H,8-9,13-14,29H2,(H2,32,33,34). The first-order chi connectivity index (χ1) is 17.8. The van der Waals surface area contributed by atoms with Gasteiger partial charge in [0.1, 0.15) is 11.5 Å². The van der Waals surface area contributed by atoms with Crippen LogP contribution in [0.2, 0.25) is 0 Å². The van der Waals surface area contributed by atoms with Gasteiger partial charge < -0.3 is 25.4 Å². The Balaban J connectivity index is 1.57. The Morgan fingerprint density at radius 2 is 1.68 bits per heavy atom. The second-order valence-corrected chi connectivity index (χ2v) is 11.2. The molecule has 1 aromatic heterocycles. The Labute approximate surface area is 218 Å². The summed E-state index contributed by atoms with van der Waals surface area (Å²) < 4.78 is 61.4. The Bertz CT molecular complexity index is 1590. The van der Waals surface area contributed by atoms with Crippen molar-refractivity contribution in [3.8, 4) is 11.5 Å². The van der Waals surface area contributed by atoms with Crippen molar-refractivity contribution in [1.82, 2.24) is 0 Å². The molecule has 0 radical (unpaired) electrons. The van der Waals surface area contributed by atoms with E-state index in [2.05, 4.69) is 4.52 Å². The minimum Gasteiger partial charge on any atom is -0.457 e. The minimum absolute atomic E-state index is 0.00854. The van der Waals surface area contributed by atoms with Crippen LogP contribution in [-0.2, 0) is 21.7 Å². The van der Waals surface area contributed by atoms with Crippen molar-refractivity contribution in [3.05, 3.63) is 82.0 Å². The number of alkyl halides is 3. The summed E-state index contributed by atoms with van der Waals surface area (Å²) in [6.45, 7) is -1.09. The molecule has 1 atom stereocenters. The molecule has 0 spiro atoms. The lowest BCUT2D eigenvalue weighted by Gasteiger charge is -2.27. The molecule has 1 heterocycles. The number of hydrogen-bond donors (Lipinski definition) is 4. The zero-order valence-corrected chi connectivity index (χ0v) is 21.4. The van der Waals surface area contributed by atoms with E-state index in [9.17, 15) is 27.6 Å². The fourth-order valence-corrected chi connectivity index (χ4v) is 5.31. The molecule has 1 unspecified atom stereocenters. The van der Waals surface area contributed by atoms with Gasteiger partial charge in [-0.1, -0.05) is 12.1 Å². The highest BCUT2D eigenvalue weighted by Crippen LogP contribution is 2.37. The van der Waals surface area contributed by atoms with Crippen LogP contribution in [0, 0.1) is 0 Å². The number of aliphatic hydroxyl groups excluding tert-OH is 1. The molecule has 8 nitrogen and oxygen atoms in total. The topological polar surface area (TPSA) is 139 Å². The van der Waals surface area contributed by atoms with Gasteiger partial charge >= 0.3 is 14.0 Å². The summed E-state index contributed by atoms with van der Waals surface area (Å²) in [6, 6.07) is 14.3. The van der Waals surface area contributed by atoms with Crippen LogP contribution in [0.1, 0.15) is 17.5 Å². The Morgan fingerprint density at radius 1 is 0.947 bits per heavy atom. The number of phosphoric ester groups is 1. The number of nitrogens with two attached hydrogens (primary N) is 1. The van der Waals surface area contributed by atoms with Crippen LogP contribution >= 0.6 is 19.2 Å². The number of aliphatic hydroxyl groups is 1. The summed E-state index contributed by atoms with van der Waals surface area (Å²) >= 11 is 1.34. The summed E-state index contributed by atoms with van der Waals surface area (Å²) in [5, 5.41) is 10.4. The second kappa shape index (κ2) is 10.7. The van der Waals surface area contributed by atoms with Gasteiger partial charge in [0.2, 0.25) is 0 Å². The Hall–Kier alpha value is -2.83. The monoisotopic (exact) mass is 569 g/mol. The van der Waals surface area contributed by atoms with Gasteiger partial charge in [0.05, 0.1) is 24.3 Å². The Morgan fingerprint density at radius 3 is 2.37 bits per heavy atom. The summed E-state index contributed by atoms with van der Waals surface area (Å²) in [5.74, 6) is 0.212. The van der Waals surface area contributed by atoms with Crippen molar-refractivity contribution in [3.63, 3.8) is 0 Å². The lowest BCUT2D eigenvalue weighted by molar-refractivity contribution is -0.137. The fourth-order valence-electron chi connectivity index (χ4n) is 3.77. The second-order valence-electron chi connectivity index (χ2n) is 8.83. The average Bonchev–Trinajstić information content (AvgIpc) is 2.86. The summed E-state index contributed by atoms with van der Waals surface area (Å²) in [4.78, 5) is 31.0. The molecule has 0 saturated carbocycles. The van der Waals surface area contributed by atoms with Crippen LogP contribution < -0.4 is 15.9 Å². The van der Waals surface area contributed by atoms with Crippen molar-refractivity contribution in [2.75, 3.05) is 13.2 Å². The van der Waals surface area contributed by atoms with Gasteiger partial charge in [-0.25, -0.2) is 4.57 Å². The predicted molar refractivity (Wildman–Crippen MR) is 137 cm³/mol. The number of phosphoric acid groups is 1. The summed E-state index contributed by atoms with van der Waals surface area (Å²) in [5.41, 5.74) is 4.33. The van der Waals surface area contributed by atoms with Crippen LogP contribution in [0.4, 0.5) is 13.2 Å². The van der Waals surface area contributed by atoms with Crippen molar-refractivity contribution in [2.24, 2.45) is 5.73 Å². The number of ether oxygens (including phenoxy) is 1. The molecule has 0 bridgehead atoms. The molecule has 13 heteroatoms. The Kier molecular flexibility index (Phi) is 7.96. The number of aryl methyl sites for hydroxylation is 1. The lowest BCUT2D eigenvalue weighted by Crippen LogP contribution is -2.48. The van der Waals surface area contributed by atoms with E-state index < -0.39 is 38.3 Å². The molecule has 0 aliphatic heterocycles. The van der Waals surface area contributed by atoms with Crippen LogP contribution in [-0.4, -0.2) is 33.6 Å². The number of rotatable bonds is 9. The highest BCUT2D eigenvalue weighted by Gasteiger charge is 2.31. The smallest absolute Gasteiger partial charge is 0.457 e. The molecule has 0 aliphatic rings. The van der Waals surface area contributed by atoms with E-state index in [-0.39, 0.29) is 23.3 Å². The molecule has 3 aromatic carbocycles. The van der Waals surface area contributed by atoms with Gasteiger partial charge in [-0.2, -0.15) is 13.2 Å².